The molecule has 17 heavy (non-hydrogen) atoms. The van der Waals surface area contributed by atoms with E-state index < -0.39 is 0 Å². The van der Waals surface area contributed by atoms with Crippen molar-refractivity contribution in [2.45, 2.75) is 76.9 Å². The molecule has 0 aromatic carbocycles. The van der Waals surface area contributed by atoms with E-state index in [-0.39, 0.29) is 5.60 Å². The topological polar surface area (TPSA) is 21.3 Å². The average Bonchev–Trinajstić information content (AvgIpc) is 3.14. The minimum absolute atomic E-state index is 0.155. The van der Waals surface area contributed by atoms with E-state index in [9.17, 15) is 0 Å². The lowest BCUT2D eigenvalue weighted by Gasteiger charge is -2.41. The number of nitrogens with one attached hydrogen (secondary N) is 1. The third-order valence-electron chi connectivity index (χ3n) is 4.47. The van der Waals surface area contributed by atoms with Crippen LogP contribution in [-0.2, 0) is 4.74 Å². The van der Waals surface area contributed by atoms with Crippen molar-refractivity contribution in [2.75, 3.05) is 13.2 Å². The number of likely N-dealkylation sites (N-methyl/N-ethyl adjacent to an activating group) is 1. The van der Waals surface area contributed by atoms with Crippen LogP contribution in [0.25, 0.3) is 0 Å². The van der Waals surface area contributed by atoms with Gasteiger partial charge in [-0.3, -0.25) is 0 Å². The number of rotatable bonds is 6. The quantitative estimate of drug-likeness (QED) is 0.716. The second-order valence-electron chi connectivity index (χ2n) is 5.78. The van der Waals surface area contributed by atoms with Crippen LogP contribution in [0.1, 0.15) is 65.2 Å². The highest BCUT2D eigenvalue weighted by Gasteiger charge is 2.46. The maximum atomic E-state index is 6.30. The standard InChI is InChI=1S/C15H29NO/c1-3-16-14(13-9-10-13)15(17-4-2)11-7-5-6-8-12-15/h13-14,16H,3-12H2,1-2H3. The second kappa shape index (κ2) is 6.19. The van der Waals surface area contributed by atoms with Crippen LogP contribution in [0.15, 0.2) is 0 Å². The lowest BCUT2D eigenvalue weighted by atomic mass is 9.83. The summed E-state index contributed by atoms with van der Waals surface area (Å²) in [6.07, 6.45) is 10.9. The van der Waals surface area contributed by atoms with Crippen molar-refractivity contribution in [1.29, 1.82) is 0 Å². The molecule has 2 aliphatic rings. The van der Waals surface area contributed by atoms with Crippen molar-refractivity contribution in [3.63, 3.8) is 0 Å². The summed E-state index contributed by atoms with van der Waals surface area (Å²) < 4.78 is 6.30. The molecule has 0 aromatic heterocycles. The second-order valence-corrected chi connectivity index (χ2v) is 5.78. The maximum Gasteiger partial charge on any atom is 0.0837 e. The first kappa shape index (κ1) is 13.4. The van der Waals surface area contributed by atoms with Gasteiger partial charge in [-0.2, -0.15) is 0 Å². The van der Waals surface area contributed by atoms with Crippen LogP contribution in [0.5, 0.6) is 0 Å². The fourth-order valence-corrected chi connectivity index (χ4v) is 3.59. The van der Waals surface area contributed by atoms with Crippen LogP contribution in [0.3, 0.4) is 0 Å². The average molecular weight is 239 g/mol. The zero-order valence-corrected chi connectivity index (χ0v) is 11.6. The Morgan fingerprint density at radius 1 is 1.12 bits per heavy atom. The van der Waals surface area contributed by atoms with E-state index in [2.05, 4.69) is 19.2 Å². The molecule has 0 amide bonds. The molecular weight excluding hydrogens is 210 g/mol. The van der Waals surface area contributed by atoms with Crippen molar-refractivity contribution in [2.24, 2.45) is 5.92 Å². The molecule has 0 spiro atoms. The fourth-order valence-electron chi connectivity index (χ4n) is 3.59. The summed E-state index contributed by atoms with van der Waals surface area (Å²) in [5.41, 5.74) is 0.155. The molecule has 2 nitrogen and oxygen atoms in total. The predicted octanol–water partition coefficient (Wildman–Crippen LogP) is 3.50. The van der Waals surface area contributed by atoms with Crippen molar-refractivity contribution in [3.8, 4) is 0 Å². The summed E-state index contributed by atoms with van der Waals surface area (Å²) in [6.45, 7) is 6.33. The largest absolute Gasteiger partial charge is 0.374 e. The molecule has 0 saturated heterocycles. The molecule has 1 unspecified atom stereocenters. The summed E-state index contributed by atoms with van der Waals surface area (Å²) in [5.74, 6) is 0.889. The summed E-state index contributed by atoms with van der Waals surface area (Å²) in [7, 11) is 0. The molecule has 0 heterocycles. The number of hydrogen-bond acceptors (Lipinski definition) is 2. The predicted molar refractivity (Wildman–Crippen MR) is 72.2 cm³/mol. The third kappa shape index (κ3) is 3.23. The van der Waals surface area contributed by atoms with Crippen LogP contribution >= 0.6 is 0 Å². The molecule has 1 N–H and O–H groups in total. The monoisotopic (exact) mass is 239 g/mol. The van der Waals surface area contributed by atoms with Gasteiger partial charge in [-0.25, -0.2) is 0 Å². The van der Waals surface area contributed by atoms with Gasteiger partial charge >= 0.3 is 0 Å². The van der Waals surface area contributed by atoms with Crippen molar-refractivity contribution in [1.82, 2.24) is 5.32 Å². The fraction of sp³-hybridized carbons (Fsp3) is 1.00. The molecule has 100 valence electrons. The zero-order valence-electron chi connectivity index (χ0n) is 11.6. The van der Waals surface area contributed by atoms with E-state index in [1.54, 1.807) is 0 Å². The van der Waals surface area contributed by atoms with E-state index in [0.717, 1.165) is 19.1 Å². The van der Waals surface area contributed by atoms with Crippen LogP contribution in [0, 0.1) is 5.92 Å². The van der Waals surface area contributed by atoms with Gasteiger partial charge in [-0.05, 0) is 45.1 Å². The van der Waals surface area contributed by atoms with E-state index in [4.69, 9.17) is 4.74 Å². The number of ether oxygens (including phenoxy) is 1. The highest BCUT2D eigenvalue weighted by molar-refractivity contribution is 5.02. The minimum atomic E-state index is 0.155. The van der Waals surface area contributed by atoms with Crippen LogP contribution in [-0.4, -0.2) is 24.8 Å². The van der Waals surface area contributed by atoms with E-state index in [1.165, 1.54) is 51.4 Å². The molecule has 2 saturated carbocycles. The van der Waals surface area contributed by atoms with Crippen molar-refractivity contribution < 1.29 is 4.74 Å². The molecule has 2 aliphatic carbocycles. The molecule has 0 bridgehead atoms. The summed E-state index contributed by atoms with van der Waals surface area (Å²) in [6, 6.07) is 0.616. The SMILES string of the molecule is CCNC(C1CC1)C1(OCC)CCCCCC1. The highest BCUT2D eigenvalue weighted by atomic mass is 16.5. The molecule has 0 aliphatic heterocycles. The Kier molecular flexibility index (Phi) is 4.87. The lowest BCUT2D eigenvalue weighted by Crippen LogP contribution is -2.53. The van der Waals surface area contributed by atoms with Crippen LogP contribution in [0.4, 0.5) is 0 Å². The van der Waals surface area contributed by atoms with Gasteiger partial charge in [0.2, 0.25) is 0 Å². The molecule has 1 atom stereocenters. The van der Waals surface area contributed by atoms with Gasteiger partial charge in [0.05, 0.1) is 5.60 Å². The Morgan fingerprint density at radius 3 is 2.24 bits per heavy atom. The van der Waals surface area contributed by atoms with Gasteiger partial charge in [-0.15, -0.1) is 0 Å². The Hall–Kier alpha value is -0.0800. The summed E-state index contributed by atoms with van der Waals surface area (Å²) >= 11 is 0. The Bertz CT molecular complexity index is 217. The summed E-state index contributed by atoms with van der Waals surface area (Å²) in [5, 5.41) is 3.74. The van der Waals surface area contributed by atoms with Crippen molar-refractivity contribution >= 4 is 0 Å². The molecule has 2 fully saturated rings. The normalized spacial score (nSPS) is 26.5. The molecule has 0 aromatic rings. The van der Waals surface area contributed by atoms with E-state index >= 15 is 0 Å². The first-order chi connectivity index (χ1) is 8.32. The Morgan fingerprint density at radius 2 is 1.76 bits per heavy atom. The van der Waals surface area contributed by atoms with Gasteiger partial charge in [0, 0.05) is 12.6 Å². The van der Waals surface area contributed by atoms with Gasteiger partial charge in [-0.1, -0.05) is 32.6 Å². The van der Waals surface area contributed by atoms with E-state index in [0.29, 0.717) is 6.04 Å². The number of hydrogen-bond donors (Lipinski definition) is 1. The van der Waals surface area contributed by atoms with Crippen molar-refractivity contribution in [3.05, 3.63) is 0 Å². The van der Waals surface area contributed by atoms with E-state index in [1.807, 2.05) is 0 Å². The molecule has 2 rings (SSSR count). The van der Waals surface area contributed by atoms with Gasteiger partial charge < -0.3 is 10.1 Å². The first-order valence-electron chi connectivity index (χ1n) is 7.69. The lowest BCUT2D eigenvalue weighted by molar-refractivity contribution is -0.0815. The molecular formula is C15H29NO. The highest BCUT2D eigenvalue weighted by Crippen LogP contribution is 2.44. The van der Waals surface area contributed by atoms with Gasteiger partial charge in [0.1, 0.15) is 0 Å². The third-order valence-corrected chi connectivity index (χ3v) is 4.47. The molecule has 2 heteroatoms. The zero-order chi connectivity index (χ0) is 12.1. The van der Waals surface area contributed by atoms with Gasteiger partial charge in [0.15, 0.2) is 0 Å². The molecule has 0 radical (unpaired) electrons. The summed E-state index contributed by atoms with van der Waals surface area (Å²) in [4.78, 5) is 0. The Balaban J connectivity index is 2.10. The van der Waals surface area contributed by atoms with Crippen LogP contribution in [0.2, 0.25) is 0 Å². The maximum absolute atomic E-state index is 6.30. The van der Waals surface area contributed by atoms with Crippen LogP contribution < -0.4 is 5.32 Å². The Labute approximate surface area is 107 Å². The smallest absolute Gasteiger partial charge is 0.0837 e. The minimum Gasteiger partial charge on any atom is -0.374 e. The van der Waals surface area contributed by atoms with Gasteiger partial charge in [0.25, 0.3) is 0 Å². The first-order valence-corrected chi connectivity index (χ1v) is 7.69.